The van der Waals surface area contributed by atoms with Gasteiger partial charge in [0.05, 0.1) is 36.6 Å². The Labute approximate surface area is 168 Å². The van der Waals surface area contributed by atoms with Gasteiger partial charge in [-0.2, -0.15) is 0 Å². The second-order valence-corrected chi connectivity index (χ2v) is 6.80. The van der Waals surface area contributed by atoms with E-state index in [0.29, 0.717) is 28.2 Å². The van der Waals surface area contributed by atoms with Crippen molar-refractivity contribution in [1.82, 2.24) is 0 Å². The van der Waals surface area contributed by atoms with Crippen LogP contribution in [0.2, 0.25) is 0 Å². The number of Topliss-reactive ketones (excluding diaryl/α,β-unsaturated/α-hetero) is 1. The van der Waals surface area contributed by atoms with E-state index < -0.39 is 0 Å². The topological polar surface area (TPSA) is 48.0 Å². The maximum Gasteiger partial charge on any atom is 0.203 e. The van der Waals surface area contributed by atoms with Gasteiger partial charge in [-0.3, -0.25) is 4.79 Å². The lowest BCUT2D eigenvalue weighted by molar-refractivity contribution is 0.104. The van der Waals surface area contributed by atoms with Gasteiger partial charge in [0.2, 0.25) is 5.78 Å². The molecule has 0 N–H and O–H groups in total. The Bertz CT molecular complexity index is 846. The predicted octanol–water partition coefficient (Wildman–Crippen LogP) is 4.79. The maximum atomic E-state index is 12.9. The highest BCUT2D eigenvalue weighted by Crippen LogP contribution is 2.31. The first-order valence-electron chi connectivity index (χ1n) is 8.49. The number of ether oxygens (including phenoxy) is 3. The van der Waals surface area contributed by atoms with Crippen LogP contribution in [-0.2, 0) is 0 Å². The highest BCUT2D eigenvalue weighted by atomic mass is 79.9. The van der Waals surface area contributed by atoms with Crippen molar-refractivity contribution in [2.24, 2.45) is 0 Å². The van der Waals surface area contributed by atoms with Crippen LogP contribution in [0.25, 0.3) is 6.08 Å². The molecule has 5 nitrogen and oxygen atoms in total. The van der Waals surface area contributed by atoms with Crippen LogP contribution in [0.1, 0.15) is 22.8 Å². The number of hydrogen-bond acceptors (Lipinski definition) is 5. The van der Waals surface area contributed by atoms with Crippen molar-refractivity contribution in [3.63, 3.8) is 0 Å². The van der Waals surface area contributed by atoms with Crippen LogP contribution < -0.4 is 19.1 Å². The SMILES string of the molecule is CCOc1ccc(C=C(Br)C(=O)c2cc(OC)ccc2OC)cc1N(C)C. The minimum atomic E-state index is -0.189. The Kier molecular flexibility index (Phi) is 7.30. The average molecular weight is 434 g/mol. The molecule has 144 valence electrons. The number of rotatable bonds is 8. The second kappa shape index (κ2) is 9.46. The zero-order valence-corrected chi connectivity index (χ0v) is 17.8. The van der Waals surface area contributed by atoms with Crippen LogP contribution in [0.4, 0.5) is 5.69 Å². The number of carbonyl (C=O) groups is 1. The van der Waals surface area contributed by atoms with E-state index in [0.717, 1.165) is 17.0 Å². The van der Waals surface area contributed by atoms with E-state index in [1.54, 1.807) is 31.4 Å². The van der Waals surface area contributed by atoms with E-state index in [-0.39, 0.29) is 5.78 Å². The van der Waals surface area contributed by atoms with Crippen molar-refractivity contribution in [2.45, 2.75) is 6.92 Å². The normalized spacial score (nSPS) is 11.1. The third-order valence-electron chi connectivity index (χ3n) is 3.93. The molecule has 0 aliphatic carbocycles. The molecule has 0 saturated carbocycles. The summed E-state index contributed by atoms with van der Waals surface area (Å²) in [6.07, 6.45) is 1.78. The summed E-state index contributed by atoms with van der Waals surface area (Å²) in [7, 11) is 7.00. The van der Waals surface area contributed by atoms with Gasteiger partial charge in [0, 0.05) is 14.1 Å². The molecular formula is C21H24BrNO4. The van der Waals surface area contributed by atoms with Crippen molar-refractivity contribution >= 4 is 33.5 Å². The summed E-state index contributed by atoms with van der Waals surface area (Å²) >= 11 is 3.41. The fourth-order valence-corrected chi connectivity index (χ4v) is 3.06. The molecule has 0 spiro atoms. The van der Waals surface area contributed by atoms with Crippen LogP contribution in [0.3, 0.4) is 0 Å². The van der Waals surface area contributed by atoms with Crippen molar-refractivity contribution < 1.29 is 19.0 Å². The smallest absolute Gasteiger partial charge is 0.203 e. The van der Waals surface area contributed by atoms with Gasteiger partial charge in [-0.05, 0) is 64.8 Å². The van der Waals surface area contributed by atoms with Gasteiger partial charge in [0.1, 0.15) is 17.2 Å². The predicted molar refractivity (Wildman–Crippen MR) is 113 cm³/mol. The van der Waals surface area contributed by atoms with Gasteiger partial charge in [-0.15, -0.1) is 0 Å². The fourth-order valence-electron chi connectivity index (χ4n) is 2.58. The number of allylic oxidation sites excluding steroid dienone is 1. The molecule has 0 atom stereocenters. The molecule has 0 bridgehead atoms. The summed E-state index contributed by atoms with van der Waals surface area (Å²) in [6, 6.07) is 10.9. The van der Waals surface area contributed by atoms with E-state index in [2.05, 4.69) is 15.9 Å². The van der Waals surface area contributed by atoms with E-state index in [1.165, 1.54) is 7.11 Å². The number of methoxy groups -OCH3 is 2. The molecule has 0 unspecified atom stereocenters. The Morgan fingerprint density at radius 3 is 2.37 bits per heavy atom. The average Bonchev–Trinajstić information content (AvgIpc) is 2.67. The molecule has 0 amide bonds. The summed E-state index contributed by atoms with van der Waals surface area (Å²) < 4.78 is 16.6. The quantitative estimate of drug-likeness (QED) is 0.442. The zero-order chi connectivity index (χ0) is 20.0. The van der Waals surface area contributed by atoms with Gasteiger partial charge < -0.3 is 19.1 Å². The summed E-state index contributed by atoms with van der Waals surface area (Å²) in [5, 5.41) is 0. The number of anilines is 1. The summed E-state index contributed by atoms with van der Waals surface area (Å²) in [5.41, 5.74) is 2.25. The van der Waals surface area contributed by atoms with Crippen LogP contribution >= 0.6 is 15.9 Å². The molecule has 27 heavy (non-hydrogen) atoms. The first kappa shape index (κ1) is 20.8. The van der Waals surface area contributed by atoms with Gasteiger partial charge >= 0.3 is 0 Å². The van der Waals surface area contributed by atoms with Crippen molar-refractivity contribution in [3.05, 3.63) is 52.0 Å². The van der Waals surface area contributed by atoms with E-state index in [9.17, 15) is 4.79 Å². The van der Waals surface area contributed by atoms with Crippen LogP contribution in [-0.4, -0.2) is 40.7 Å². The molecule has 0 aliphatic heterocycles. The van der Waals surface area contributed by atoms with Gasteiger partial charge in [0.15, 0.2) is 0 Å². The fraction of sp³-hybridized carbons (Fsp3) is 0.286. The Hall–Kier alpha value is -2.47. The molecule has 0 heterocycles. The van der Waals surface area contributed by atoms with Crippen molar-refractivity contribution in [3.8, 4) is 17.2 Å². The Morgan fingerprint density at radius 1 is 1.07 bits per heavy atom. The number of benzene rings is 2. The van der Waals surface area contributed by atoms with Crippen LogP contribution in [0.5, 0.6) is 17.2 Å². The molecule has 2 rings (SSSR count). The number of halogens is 1. The van der Waals surface area contributed by atoms with Gasteiger partial charge in [-0.25, -0.2) is 0 Å². The first-order chi connectivity index (χ1) is 12.9. The largest absolute Gasteiger partial charge is 0.497 e. The Morgan fingerprint density at radius 2 is 1.78 bits per heavy atom. The highest BCUT2D eigenvalue weighted by Gasteiger charge is 2.17. The lowest BCUT2D eigenvalue weighted by atomic mass is 10.1. The zero-order valence-electron chi connectivity index (χ0n) is 16.2. The molecule has 6 heteroatoms. The van der Waals surface area contributed by atoms with Crippen molar-refractivity contribution in [2.75, 3.05) is 39.8 Å². The molecule has 0 radical (unpaired) electrons. The Balaban J connectivity index is 2.39. The minimum Gasteiger partial charge on any atom is -0.497 e. The van der Waals surface area contributed by atoms with E-state index >= 15 is 0 Å². The number of carbonyl (C=O) groups excluding carboxylic acids is 1. The lowest BCUT2D eigenvalue weighted by Gasteiger charge is -2.18. The standard InChI is InChI=1S/C21H24BrNO4/c1-6-27-20-9-7-14(12-18(20)23(2)3)11-17(22)21(24)16-13-15(25-4)8-10-19(16)26-5/h7-13H,6H2,1-5H3. The van der Waals surface area contributed by atoms with Crippen LogP contribution in [0.15, 0.2) is 40.9 Å². The lowest BCUT2D eigenvalue weighted by Crippen LogP contribution is -2.11. The second-order valence-electron chi connectivity index (χ2n) is 5.94. The number of ketones is 1. The highest BCUT2D eigenvalue weighted by molar-refractivity contribution is 9.12. The van der Waals surface area contributed by atoms with Crippen LogP contribution in [0, 0.1) is 0 Å². The molecule has 2 aromatic carbocycles. The summed E-state index contributed by atoms with van der Waals surface area (Å²) in [4.78, 5) is 14.9. The van der Waals surface area contributed by atoms with Gasteiger partial charge in [0.25, 0.3) is 0 Å². The summed E-state index contributed by atoms with van der Waals surface area (Å²) in [5.74, 6) is 1.70. The minimum absolute atomic E-state index is 0.189. The monoisotopic (exact) mass is 433 g/mol. The molecule has 0 aliphatic rings. The molecular weight excluding hydrogens is 410 g/mol. The molecule has 0 fully saturated rings. The van der Waals surface area contributed by atoms with Gasteiger partial charge in [-0.1, -0.05) is 6.07 Å². The van der Waals surface area contributed by atoms with E-state index in [1.807, 2.05) is 44.1 Å². The third-order valence-corrected chi connectivity index (χ3v) is 4.52. The molecule has 0 saturated heterocycles. The number of hydrogen-bond donors (Lipinski definition) is 0. The maximum absolute atomic E-state index is 12.9. The first-order valence-corrected chi connectivity index (χ1v) is 9.28. The third kappa shape index (κ3) is 5.04. The molecule has 2 aromatic rings. The number of nitrogens with zero attached hydrogens (tertiary/aromatic N) is 1. The summed E-state index contributed by atoms with van der Waals surface area (Å²) in [6.45, 7) is 2.54. The molecule has 0 aromatic heterocycles. The van der Waals surface area contributed by atoms with Crippen molar-refractivity contribution in [1.29, 1.82) is 0 Å². The van der Waals surface area contributed by atoms with E-state index in [4.69, 9.17) is 14.2 Å².